The molecule has 1 atom stereocenters. The topological polar surface area (TPSA) is 38.9 Å². The summed E-state index contributed by atoms with van der Waals surface area (Å²) in [7, 11) is 0. The van der Waals surface area contributed by atoms with Gasteiger partial charge in [-0.05, 0) is 36.8 Å². The van der Waals surface area contributed by atoms with Gasteiger partial charge in [-0.3, -0.25) is 4.98 Å². The predicted octanol–water partition coefficient (Wildman–Crippen LogP) is 2.50. The number of hydrogen-bond acceptors (Lipinski definition) is 3. The average molecular weight is 204 g/mol. The van der Waals surface area contributed by atoms with Crippen LogP contribution < -0.4 is 5.73 Å². The first kappa shape index (κ1) is 9.37. The summed E-state index contributed by atoms with van der Waals surface area (Å²) in [5.41, 5.74) is 7.23. The minimum absolute atomic E-state index is 0.0169. The molecule has 0 aliphatic carbocycles. The molecule has 0 radical (unpaired) electrons. The summed E-state index contributed by atoms with van der Waals surface area (Å²) in [6.45, 7) is 2.09. The zero-order valence-electron chi connectivity index (χ0n) is 7.97. The third-order valence-corrected chi connectivity index (χ3v) is 3.22. The second kappa shape index (κ2) is 3.90. The van der Waals surface area contributed by atoms with Gasteiger partial charge in [0.2, 0.25) is 0 Å². The van der Waals surface area contributed by atoms with Crippen LogP contribution in [-0.4, -0.2) is 4.98 Å². The quantitative estimate of drug-likeness (QED) is 0.816. The summed E-state index contributed by atoms with van der Waals surface area (Å²) < 4.78 is 0. The third-order valence-electron chi connectivity index (χ3n) is 2.13. The summed E-state index contributed by atoms with van der Waals surface area (Å²) in [5.74, 6) is 0. The summed E-state index contributed by atoms with van der Waals surface area (Å²) in [6, 6.07) is 8.09. The lowest BCUT2D eigenvalue weighted by molar-refractivity contribution is 0.889. The van der Waals surface area contributed by atoms with Crippen molar-refractivity contribution in [1.82, 2.24) is 4.98 Å². The number of aryl methyl sites for hydroxylation is 1. The highest BCUT2D eigenvalue weighted by Gasteiger charge is 2.09. The standard InChI is InChI=1S/C11H12N2S/c1-8-2-3-10(14-8)11(12)9-4-6-13-7-5-9/h2-7,11H,12H2,1H3. The number of rotatable bonds is 2. The van der Waals surface area contributed by atoms with Crippen LogP contribution >= 0.6 is 11.3 Å². The van der Waals surface area contributed by atoms with E-state index in [-0.39, 0.29) is 6.04 Å². The Bertz CT molecular complexity index is 408. The number of pyridine rings is 1. The molecule has 2 rings (SSSR count). The summed E-state index contributed by atoms with van der Waals surface area (Å²) in [5, 5.41) is 0. The predicted molar refractivity (Wildman–Crippen MR) is 59.3 cm³/mol. The molecule has 3 heteroatoms. The first-order valence-electron chi connectivity index (χ1n) is 4.49. The van der Waals surface area contributed by atoms with Crippen molar-refractivity contribution in [3.8, 4) is 0 Å². The lowest BCUT2D eigenvalue weighted by atomic mass is 10.1. The first-order valence-corrected chi connectivity index (χ1v) is 5.31. The fourth-order valence-corrected chi connectivity index (χ4v) is 2.26. The molecule has 14 heavy (non-hydrogen) atoms. The SMILES string of the molecule is Cc1ccc(C(N)c2ccncc2)s1. The Kier molecular flexibility index (Phi) is 2.61. The fraction of sp³-hybridized carbons (Fsp3) is 0.182. The van der Waals surface area contributed by atoms with E-state index in [1.54, 1.807) is 23.7 Å². The molecule has 0 aromatic carbocycles. The highest BCUT2D eigenvalue weighted by Crippen LogP contribution is 2.25. The van der Waals surface area contributed by atoms with Crippen molar-refractivity contribution in [2.75, 3.05) is 0 Å². The molecule has 0 aliphatic heterocycles. The molecule has 2 nitrogen and oxygen atoms in total. The molecule has 2 aromatic rings. The van der Waals surface area contributed by atoms with Crippen LogP contribution in [0.25, 0.3) is 0 Å². The van der Waals surface area contributed by atoms with E-state index in [4.69, 9.17) is 5.73 Å². The van der Waals surface area contributed by atoms with Crippen LogP contribution in [0.15, 0.2) is 36.7 Å². The molecule has 0 fully saturated rings. The van der Waals surface area contributed by atoms with Gasteiger partial charge in [-0.1, -0.05) is 0 Å². The van der Waals surface area contributed by atoms with Crippen molar-refractivity contribution in [3.63, 3.8) is 0 Å². The fourth-order valence-electron chi connectivity index (χ4n) is 1.36. The van der Waals surface area contributed by atoms with E-state index in [0.29, 0.717) is 0 Å². The zero-order valence-corrected chi connectivity index (χ0v) is 8.79. The van der Waals surface area contributed by atoms with E-state index in [9.17, 15) is 0 Å². The molecule has 2 N–H and O–H groups in total. The van der Waals surface area contributed by atoms with Gasteiger partial charge >= 0.3 is 0 Å². The second-order valence-corrected chi connectivity index (χ2v) is 4.53. The van der Waals surface area contributed by atoms with E-state index in [1.807, 2.05) is 12.1 Å². The van der Waals surface area contributed by atoms with Crippen LogP contribution in [0.5, 0.6) is 0 Å². The molecule has 0 bridgehead atoms. The van der Waals surface area contributed by atoms with Crippen LogP contribution in [0.3, 0.4) is 0 Å². The number of thiophene rings is 1. The molecule has 72 valence electrons. The minimum Gasteiger partial charge on any atom is -0.320 e. The zero-order chi connectivity index (χ0) is 9.97. The number of nitrogens with two attached hydrogens (primary N) is 1. The van der Waals surface area contributed by atoms with Crippen LogP contribution in [0.4, 0.5) is 0 Å². The van der Waals surface area contributed by atoms with Crippen molar-refractivity contribution < 1.29 is 0 Å². The van der Waals surface area contributed by atoms with Crippen LogP contribution in [0, 0.1) is 6.92 Å². The van der Waals surface area contributed by atoms with E-state index in [1.165, 1.54) is 9.75 Å². The van der Waals surface area contributed by atoms with Crippen molar-refractivity contribution in [2.45, 2.75) is 13.0 Å². The molecule has 0 aliphatic rings. The van der Waals surface area contributed by atoms with Gasteiger partial charge in [-0.15, -0.1) is 11.3 Å². The van der Waals surface area contributed by atoms with Crippen molar-refractivity contribution in [2.24, 2.45) is 5.73 Å². The van der Waals surface area contributed by atoms with Gasteiger partial charge in [-0.2, -0.15) is 0 Å². The molecular weight excluding hydrogens is 192 g/mol. The monoisotopic (exact) mass is 204 g/mol. The van der Waals surface area contributed by atoms with Gasteiger partial charge in [0.05, 0.1) is 6.04 Å². The lowest BCUT2D eigenvalue weighted by Crippen LogP contribution is -2.09. The Morgan fingerprint density at radius 3 is 2.50 bits per heavy atom. The van der Waals surface area contributed by atoms with Gasteiger partial charge in [-0.25, -0.2) is 0 Å². The second-order valence-electron chi connectivity index (χ2n) is 3.21. The summed E-state index contributed by atoms with van der Waals surface area (Å²) in [6.07, 6.45) is 3.55. The Morgan fingerprint density at radius 1 is 1.21 bits per heavy atom. The largest absolute Gasteiger partial charge is 0.320 e. The maximum absolute atomic E-state index is 6.11. The molecule has 2 aromatic heterocycles. The van der Waals surface area contributed by atoms with Gasteiger partial charge in [0.25, 0.3) is 0 Å². The molecule has 1 unspecified atom stereocenters. The van der Waals surface area contributed by atoms with Gasteiger partial charge in [0.1, 0.15) is 0 Å². The Hall–Kier alpha value is -1.19. The number of aromatic nitrogens is 1. The van der Waals surface area contributed by atoms with Crippen molar-refractivity contribution >= 4 is 11.3 Å². The molecule has 2 heterocycles. The first-order chi connectivity index (χ1) is 6.77. The van der Waals surface area contributed by atoms with Gasteiger partial charge in [0, 0.05) is 22.1 Å². The van der Waals surface area contributed by atoms with E-state index in [0.717, 1.165) is 5.56 Å². The maximum Gasteiger partial charge on any atom is 0.0647 e. The van der Waals surface area contributed by atoms with Crippen molar-refractivity contribution in [3.05, 3.63) is 52.0 Å². The molecule has 0 amide bonds. The highest BCUT2D eigenvalue weighted by atomic mass is 32.1. The highest BCUT2D eigenvalue weighted by molar-refractivity contribution is 7.12. The maximum atomic E-state index is 6.11. The minimum atomic E-state index is -0.0169. The molecule has 0 spiro atoms. The molecule has 0 saturated heterocycles. The Balaban J connectivity index is 2.29. The average Bonchev–Trinajstić information content (AvgIpc) is 2.65. The van der Waals surface area contributed by atoms with Crippen LogP contribution in [0.2, 0.25) is 0 Å². The number of hydrogen-bond donors (Lipinski definition) is 1. The molecular formula is C11H12N2S. The number of nitrogens with zero attached hydrogens (tertiary/aromatic N) is 1. The summed E-state index contributed by atoms with van der Waals surface area (Å²) >= 11 is 1.75. The lowest BCUT2D eigenvalue weighted by Gasteiger charge is -2.08. The van der Waals surface area contributed by atoms with E-state index >= 15 is 0 Å². The van der Waals surface area contributed by atoms with Gasteiger partial charge < -0.3 is 5.73 Å². The third kappa shape index (κ3) is 1.84. The Morgan fingerprint density at radius 2 is 1.93 bits per heavy atom. The smallest absolute Gasteiger partial charge is 0.0647 e. The summed E-state index contributed by atoms with van der Waals surface area (Å²) in [4.78, 5) is 6.47. The van der Waals surface area contributed by atoms with Crippen molar-refractivity contribution in [1.29, 1.82) is 0 Å². The molecule has 0 saturated carbocycles. The normalized spacial score (nSPS) is 12.7. The van der Waals surface area contributed by atoms with Gasteiger partial charge in [0.15, 0.2) is 0 Å². The van der Waals surface area contributed by atoms with E-state index in [2.05, 4.69) is 24.0 Å². The van der Waals surface area contributed by atoms with E-state index < -0.39 is 0 Å². The Labute approximate surface area is 87.4 Å². The van der Waals surface area contributed by atoms with Crippen LogP contribution in [-0.2, 0) is 0 Å². The van der Waals surface area contributed by atoms with Crippen LogP contribution in [0.1, 0.15) is 21.4 Å².